The second-order valence-electron chi connectivity index (χ2n) is 9.41. The maximum Gasteiger partial charge on any atom is 0.224 e. The van der Waals surface area contributed by atoms with Crippen LogP contribution in [0.3, 0.4) is 0 Å². The summed E-state index contributed by atoms with van der Waals surface area (Å²) in [7, 11) is 0. The number of amides is 1. The van der Waals surface area contributed by atoms with Crippen molar-refractivity contribution < 1.29 is 15.0 Å². The van der Waals surface area contributed by atoms with Crippen LogP contribution in [0.4, 0.5) is 0 Å². The summed E-state index contributed by atoms with van der Waals surface area (Å²) in [5.41, 5.74) is 7.04. The lowest BCUT2D eigenvalue weighted by Gasteiger charge is -2.13. The van der Waals surface area contributed by atoms with Gasteiger partial charge in [0.2, 0.25) is 5.91 Å². The van der Waals surface area contributed by atoms with E-state index in [2.05, 4.69) is 33.7 Å². The van der Waals surface area contributed by atoms with Crippen molar-refractivity contribution in [2.24, 2.45) is 0 Å². The van der Waals surface area contributed by atoms with E-state index >= 15 is 0 Å². The lowest BCUT2D eigenvalue weighted by Crippen LogP contribution is -2.24. The molecule has 0 saturated carbocycles. The van der Waals surface area contributed by atoms with Gasteiger partial charge in [0.15, 0.2) is 17.1 Å². The van der Waals surface area contributed by atoms with Gasteiger partial charge in [-0.1, -0.05) is 60.7 Å². The predicted molar refractivity (Wildman–Crippen MR) is 149 cm³/mol. The summed E-state index contributed by atoms with van der Waals surface area (Å²) in [4.78, 5) is 17.5. The molecule has 0 fully saturated rings. The molecule has 0 unspecified atom stereocenters. The van der Waals surface area contributed by atoms with E-state index in [9.17, 15) is 15.0 Å². The van der Waals surface area contributed by atoms with Crippen LogP contribution in [0.2, 0.25) is 0 Å². The Morgan fingerprint density at radius 2 is 1.62 bits per heavy atom. The van der Waals surface area contributed by atoms with Gasteiger partial charge in [0.25, 0.3) is 0 Å². The number of hydrogen-bond donors (Lipinski definition) is 3. The van der Waals surface area contributed by atoms with Gasteiger partial charge in [0.05, 0.1) is 17.6 Å². The zero-order chi connectivity index (χ0) is 26.9. The van der Waals surface area contributed by atoms with Gasteiger partial charge in [-0.2, -0.15) is 0 Å². The zero-order valence-electron chi connectivity index (χ0n) is 21.2. The van der Waals surface area contributed by atoms with Gasteiger partial charge in [-0.05, 0) is 47.9 Å². The van der Waals surface area contributed by atoms with Crippen LogP contribution in [-0.4, -0.2) is 35.7 Å². The molecule has 0 aliphatic heterocycles. The second-order valence-corrected chi connectivity index (χ2v) is 9.41. The Kier molecular flexibility index (Phi) is 6.13. The van der Waals surface area contributed by atoms with Gasteiger partial charge in [-0.3, -0.25) is 9.20 Å². The van der Waals surface area contributed by atoms with Crippen molar-refractivity contribution in [1.82, 2.24) is 24.9 Å². The summed E-state index contributed by atoms with van der Waals surface area (Å²) in [5.74, 6) is 0.189. The summed E-state index contributed by atoms with van der Waals surface area (Å²) in [6, 6.07) is 26.6. The molecule has 3 aromatic heterocycles. The summed E-state index contributed by atoms with van der Waals surface area (Å²) < 4.78 is 1.96. The maximum atomic E-state index is 12.4. The van der Waals surface area contributed by atoms with Crippen LogP contribution < -0.4 is 5.32 Å². The lowest BCUT2D eigenvalue weighted by molar-refractivity contribution is -0.120. The van der Waals surface area contributed by atoms with E-state index < -0.39 is 0 Å². The number of benzene rings is 3. The SMILES string of the molecule is Cc1nnc2c3cc(-c4ccccc4)c(-c4ccc(CNC(=O)Cc5ccc(O)c(O)c5)cc4)nc3ccn12. The van der Waals surface area contributed by atoms with E-state index in [1.54, 1.807) is 6.07 Å². The normalized spacial score (nSPS) is 11.2. The van der Waals surface area contributed by atoms with E-state index in [0.29, 0.717) is 12.1 Å². The topological polar surface area (TPSA) is 113 Å². The fourth-order valence-corrected chi connectivity index (χ4v) is 4.68. The van der Waals surface area contributed by atoms with Gasteiger partial charge < -0.3 is 15.5 Å². The van der Waals surface area contributed by atoms with Crippen LogP contribution in [0.1, 0.15) is 17.0 Å². The number of rotatable bonds is 6. The molecule has 39 heavy (non-hydrogen) atoms. The molecule has 0 radical (unpaired) electrons. The molecule has 192 valence electrons. The highest BCUT2D eigenvalue weighted by atomic mass is 16.3. The van der Waals surface area contributed by atoms with Crippen LogP contribution in [0.15, 0.2) is 91.1 Å². The Morgan fingerprint density at radius 3 is 2.38 bits per heavy atom. The third-order valence-corrected chi connectivity index (χ3v) is 6.75. The minimum Gasteiger partial charge on any atom is -0.504 e. The van der Waals surface area contributed by atoms with Crippen molar-refractivity contribution in [3.8, 4) is 33.9 Å². The molecule has 0 spiro atoms. The molecule has 0 atom stereocenters. The number of aromatic nitrogens is 4. The molecule has 8 heteroatoms. The van der Waals surface area contributed by atoms with Crippen molar-refractivity contribution in [2.45, 2.75) is 19.9 Å². The monoisotopic (exact) mass is 515 g/mol. The molecule has 0 bridgehead atoms. The van der Waals surface area contributed by atoms with Crippen molar-refractivity contribution in [3.63, 3.8) is 0 Å². The van der Waals surface area contributed by atoms with E-state index in [4.69, 9.17) is 4.98 Å². The minimum atomic E-state index is -0.242. The van der Waals surface area contributed by atoms with Crippen molar-refractivity contribution >= 4 is 22.5 Å². The first-order valence-electron chi connectivity index (χ1n) is 12.5. The standard InChI is InChI=1S/C31H25N5O3/c1-19-34-35-31-25-17-24(22-5-3-2-4-6-22)30(33-26(25)13-14-36(19)31)23-10-7-20(8-11-23)18-32-29(39)16-21-9-12-27(37)28(38)15-21/h2-15,17,37-38H,16,18H2,1H3,(H,32,39). The number of nitrogens with zero attached hydrogens (tertiary/aromatic N) is 4. The first-order chi connectivity index (χ1) is 19.0. The molecule has 6 aromatic rings. The van der Waals surface area contributed by atoms with Crippen molar-refractivity contribution in [2.75, 3.05) is 0 Å². The van der Waals surface area contributed by atoms with Gasteiger partial charge >= 0.3 is 0 Å². The van der Waals surface area contributed by atoms with Gasteiger partial charge in [-0.15, -0.1) is 10.2 Å². The van der Waals surface area contributed by atoms with Gasteiger partial charge in [-0.25, -0.2) is 4.98 Å². The molecule has 0 aliphatic carbocycles. The zero-order valence-corrected chi connectivity index (χ0v) is 21.2. The van der Waals surface area contributed by atoms with E-state index in [1.807, 2.05) is 66.1 Å². The highest BCUT2D eigenvalue weighted by Crippen LogP contribution is 2.34. The number of aromatic hydroxyl groups is 2. The number of hydrogen-bond acceptors (Lipinski definition) is 6. The average Bonchev–Trinajstić information content (AvgIpc) is 3.35. The van der Waals surface area contributed by atoms with E-state index in [0.717, 1.165) is 50.3 Å². The summed E-state index contributed by atoms with van der Waals surface area (Å²) in [6.07, 6.45) is 2.05. The molecular weight excluding hydrogens is 490 g/mol. The number of pyridine rings is 2. The maximum absolute atomic E-state index is 12.4. The molecule has 1 amide bonds. The quantitative estimate of drug-likeness (QED) is 0.263. The van der Waals surface area contributed by atoms with E-state index in [1.165, 1.54) is 12.1 Å². The third-order valence-electron chi connectivity index (χ3n) is 6.75. The molecule has 3 heterocycles. The van der Waals surface area contributed by atoms with Crippen molar-refractivity contribution in [1.29, 1.82) is 0 Å². The highest BCUT2D eigenvalue weighted by molar-refractivity contribution is 5.98. The molecule has 0 aliphatic rings. The number of aryl methyl sites for hydroxylation is 1. The lowest BCUT2D eigenvalue weighted by atomic mass is 9.97. The number of carbonyl (C=O) groups is 1. The Balaban J connectivity index is 1.28. The van der Waals surface area contributed by atoms with Crippen LogP contribution in [0.25, 0.3) is 38.9 Å². The molecule has 6 rings (SSSR count). The largest absolute Gasteiger partial charge is 0.504 e. The smallest absolute Gasteiger partial charge is 0.224 e. The number of fused-ring (bicyclic) bond motifs is 3. The molecule has 3 aromatic carbocycles. The Morgan fingerprint density at radius 1 is 0.846 bits per heavy atom. The number of phenolic OH excluding ortho intramolecular Hbond substituents is 2. The Bertz CT molecular complexity index is 1830. The van der Waals surface area contributed by atoms with E-state index in [-0.39, 0.29) is 23.8 Å². The fraction of sp³-hybridized carbons (Fsp3) is 0.0968. The van der Waals surface area contributed by atoms with Crippen LogP contribution >= 0.6 is 0 Å². The number of phenols is 2. The summed E-state index contributed by atoms with van der Waals surface area (Å²) >= 11 is 0. The van der Waals surface area contributed by atoms with Crippen LogP contribution in [-0.2, 0) is 17.8 Å². The minimum absolute atomic E-state index is 0.103. The summed E-state index contributed by atoms with van der Waals surface area (Å²) in [6.45, 7) is 2.29. The Hall–Kier alpha value is -5.24. The molecule has 0 saturated heterocycles. The first kappa shape index (κ1) is 24.1. The van der Waals surface area contributed by atoms with Crippen LogP contribution in [0.5, 0.6) is 11.5 Å². The highest BCUT2D eigenvalue weighted by Gasteiger charge is 2.15. The van der Waals surface area contributed by atoms with Crippen molar-refractivity contribution in [3.05, 3.63) is 108 Å². The van der Waals surface area contributed by atoms with Crippen LogP contribution in [0, 0.1) is 6.92 Å². The van der Waals surface area contributed by atoms with Gasteiger partial charge in [0, 0.05) is 29.3 Å². The fourth-order valence-electron chi connectivity index (χ4n) is 4.68. The predicted octanol–water partition coefficient (Wildman–Crippen LogP) is 5.19. The second kappa shape index (κ2) is 9.90. The average molecular weight is 516 g/mol. The third kappa shape index (κ3) is 4.75. The first-order valence-corrected chi connectivity index (χ1v) is 12.5. The van der Waals surface area contributed by atoms with Gasteiger partial charge in [0.1, 0.15) is 5.82 Å². The molecular formula is C31H25N5O3. The molecule has 3 N–H and O–H groups in total. The molecule has 8 nitrogen and oxygen atoms in total. The summed E-state index contributed by atoms with van der Waals surface area (Å²) in [5, 5.41) is 31.5. The number of nitrogens with one attached hydrogen (secondary N) is 1. The Labute approximate surface area is 224 Å². The number of carbonyl (C=O) groups excluding carboxylic acids is 1.